The minimum atomic E-state index is 0. The van der Waals surface area contributed by atoms with Crippen molar-refractivity contribution in [1.29, 1.82) is 0 Å². The van der Waals surface area contributed by atoms with E-state index in [2.05, 4.69) is 51.1 Å². The summed E-state index contributed by atoms with van der Waals surface area (Å²) in [6, 6.07) is 10.2. The number of guanidine groups is 1. The molecule has 156 valence electrons. The van der Waals surface area contributed by atoms with E-state index < -0.39 is 0 Å². The quantitative estimate of drug-likeness (QED) is 0.261. The van der Waals surface area contributed by atoms with E-state index in [4.69, 9.17) is 4.99 Å². The van der Waals surface area contributed by atoms with Gasteiger partial charge in [0.2, 0.25) is 0 Å². The molecule has 2 aromatic heterocycles. The SMILES string of the molecule is CCNC(=NCCc1ncc(CC)s1)N(C)Cc1ncc(-c2ccccc2)[nH]1.I. The van der Waals surface area contributed by atoms with Crippen molar-refractivity contribution in [3.8, 4) is 11.3 Å². The number of aromatic nitrogens is 3. The number of thiazole rings is 1. The summed E-state index contributed by atoms with van der Waals surface area (Å²) >= 11 is 1.78. The topological polar surface area (TPSA) is 69.2 Å². The number of hydrogen-bond donors (Lipinski definition) is 2. The van der Waals surface area contributed by atoms with Crippen LogP contribution in [0.15, 0.2) is 47.7 Å². The monoisotopic (exact) mass is 524 g/mol. The number of nitrogens with zero attached hydrogens (tertiary/aromatic N) is 4. The van der Waals surface area contributed by atoms with Crippen LogP contribution in [0.3, 0.4) is 0 Å². The first-order valence-corrected chi connectivity index (χ1v) is 10.5. The van der Waals surface area contributed by atoms with E-state index in [0.717, 1.165) is 54.0 Å². The first-order valence-electron chi connectivity index (χ1n) is 9.72. The predicted molar refractivity (Wildman–Crippen MR) is 132 cm³/mol. The van der Waals surface area contributed by atoms with Gasteiger partial charge in [0, 0.05) is 37.6 Å². The fourth-order valence-electron chi connectivity index (χ4n) is 2.86. The van der Waals surface area contributed by atoms with Gasteiger partial charge < -0.3 is 15.2 Å². The molecule has 29 heavy (non-hydrogen) atoms. The van der Waals surface area contributed by atoms with Crippen LogP contribution in [0.1, 0.15) is 29.6 Å². The lowest BCUT2D eigenvalue weighted by Gasteiger charge is -2.21. The van der Waals surface area contributed by atoms with Gasteiger partial charge in [-0.3, -0.25) is 4.99 Å². The third-order valence-corrected chi connectivity index (χ3v) is 5.54. The second-order valence-corrected chi connectivity index (χ2v) is 7.72. The Morgan fingerprint density at radius 2 is 1.97 bits per heavy atom. The normalized spacial score (nSPS) is 11.2. The molecule has 1 aromatic carbocycles. The number of imidazole rings is 1. The molecular weight excluding hydrogens is 495 g/mol. The van der Waals surface area contributed by atoms with Gasteiger partial charge in [-0.15, -0.1) is 35.3 Å². The fourth-order valence-corrected chi connectivity index (χ4v) is 3.71. The minimum Gasteiger partial charge on any atom is -0.357 e. The summed E-state index contributed by atoms with van der Waals surface area (Å²) in [7, 11) is 2.03. The van der Waals surface area contributed by atoms with E-state index in [0.29, 0.717) is 6.54 Å². The molecule has 3 rings (SSSR count). The van der Waals surface area contributed by atoms with Gasteiger partial charge in [0.1, 0.15) is 5.82 Å². The van der Waals surface area contributed by atoms with Crippen molar-refractivity contribution < 1.29 is 0 Å². The number of aryl methyl sites for hydroxylation is 1. The van der Waals surface area contributed by atoms with Crippen LogP contribution in [-0.4, -0.2) is 45.9 Å². The van der Waals surface area contributed by atoms with Crippen LogP contribution in [0.25, 0.3) is 11.3 Å². The van der Waals surface area contributed by atoms with Crippen molar-refractivity contribution >= 4 is 41.3 Å². The van der Waals surface area contributed by atoms with Crippen molar-refractivity contribution in [2.24, 2.45) is 4.99 Å². The summed E-state index contributed by atoms with van der Waals surface area (Å²) in [5, 5.41) is 4.51. The van der Waals surface area contributed by atoms with Crippen molar-refractivity contribution in [2.75, 3.05) is 20.1 Å². The largest absolute Gasteiger partial charge is 0.357 e. The highest BCUT2D eigenvalue weighted by atomic mass is 127. The molecule has 0 aliphatic rings. The van der Waals surface area contributed by atoms with Crippen molar-refractivity contribution in [2.45, 2.75) is 33.2 Å². The highest BCUT2D eigenvalue weighted by Crippen LogP contribution is 2.17. The maximum Gasteiger partial charge on any atom is 0.194 e. The predicted octanol–water partition coefficient (Wildman–Crippen LogP) is 4.35. The van der Waals surface area contributed by atoms with E-state index in [1.165, 1.54) is 4.88 Å². The lowest BCUT2D eigenvalue weighted by atomic mass is 10.2. The smallest absolute Gasteiger partial charge is 0.194 e. The zero-order chi connectivity index (χ0) is 19.8. The van der Waals surface area contributed by atoms with Crippen LogP contribution in [-0.2, 0) is 19.4 Å². The van der Waals surface area contributed by atoms with Gasteiger partial charge in [-0.2, -0.15) is 0 Å². The van der Waals surface area contributed by atoms with Gasteiger partial charge in [0.15, 0.2) is 5.96 Å². The number of aliphatic imine (C=N–C) groups is 1. The Kier molecular flexibility index (Phi) is 9.59. The number of halogens is 1. The van der Waals surface area contributed by atoms with Crippen molar-refractivity contribution in [3.05, 3.63) is 58.4 Å². The average Bonchev–Trinajstić information content (AvgIpc) is 3.37. The Hall–Kier alpha value is -1.94. The molecule has 0 atom stereocenters. The van der Waals surface area contributed by atoms with Gasteiger partial charge in [-0.1, -0.05) is 37.3 Å². The fraction of sp³-hybridized carbons (Fsp3) is 0.381. The Balaban J connectivity index is 0.00000300. The second kappa shape index (κ2) is 11.9. The first kappa shape index (κ1) is 23.3. The Morgan fingerprint density at radius 1 is 1.17 bits per heavy atom. The maximum atomic E-state index is 4.76. The number of rotatable bonds is 8. The van der Waals surface area contributed by atoms with E-state index in [-0.39, 0.29) is 24.0 Å². The molecule has 0 saturated heterocycles. The molecule has 3 aromatic rings. The molecule has 0 unspecified atom stereocenters. The third kappa shape index (κ3) is 6.81. The molecular formula is C21H29IN6S. The zero-order valence-corrected chi connectivity index (χ0v) is 20.3. The summed E-state index contributed by atoms with van der Waals surface area (Å²) in [4.78, 5) is 20.6. The van der Waals surface area contributed by atoms with Gasteiger partial charge >= 0.3 is 0 Å². The second-order valence-electron chi connectivity index (χ2n) is 6.53. The van der Waals surface area contributed by atoms with Crippen molar-refractivity contribution in [3.63, 3.8) is 0 Å². The summed E-state index contributed by atoms with van der Waals surface area (Å²) in [6.07, 6.45) is 5.77. The molecule has 2 heterocycles. The molecule has 0 aliphatic heterocycles. The highest BCUT2D eigenvalue weighted by Gasteiger charge is 2.10. The van der Waals surface area contributed by atoms with E-state index >= 15 is 0 Å². The summed E-state index contributed by atoms with van der Waals surface area (Å²) in [5.74, 6) is 1.80. The van der Waals surface area contributed by atoms with Gasteiger partial charge in [-0.25, -0.2) is 9.97 Å². The number of nitrogens with one attached hydrogen (secondary N) is 2. The Morgan fingerprint density at radius 3 is 2.66 bits per heavy atom. The van der Waals surface area contributed by atoms with Crippen LogP contribution in [0.2, 0.25) is 0 Å². The standard InChI is InChI=1S/C21H28N6S.HI/c1-4-17-13-25-20(28-17)11-12-23-21(22-5-2)27(3)15-19-24-14-18(26-19)16-9-7-6-8-10-16;/h6-10,13-14H,4-5,11-12,15H2,1-3H3,(H,22,23)(H,24,26);1H. The van der Waals surface area contributed by atoms with Crippen LogP contribution in [0.5, 0.6) is 0 Å². The summed E-state index contributed by atoms with van der Waals surface area (Å²) < 4.78 is 0. The van der Waals surface area contributed by atoms with Gasteiger partial charge in [-0.05, 0) is 18.9 Å². The van der Waals surface area contributed by atoms with Crippen molar-refractivity contribution in [1.82, 2.24) is 25.2 Å². The van der Waals surface area contributed by atoms with Crippen LogP contribution in [0, 0.1) is 0 Å². The lowest BCUT2D eigenvalue weighted by molar-refractivity contribution is 0.464. The maximum absolute atomic E-state index is 4.76. The molecule has 0 spiro atoms. The molecule has 0 radical (unpaired) electrons. The Bertz CT molecular complexity index is 889. The number of H-pyrrole nitrogens is 1. The summed E-state index contributed by atoms with van der Waals surface area (Å²) in [5.41, 5.74) is 2.17. The molecule has 0 bridgehead atoms. The van der Waals surface area contributed by atoms with Crippen LogP contribution < -0.4 is 5.32 Å². The zero-order valence-electron chi connectivity index (χ0n) is 17.2. The Labute approximate surface area is 193 Å². The van der Waals surface area contributed by atoms with E-state index in [1.807, 2.05) is 37.6 Å². The molecule has 6 nitrogen and oxygen atoms in total. The van der Waals surface area contributed by atoms with Gasteiger partial charge in [0.25, 0.3) is 0 Å². The van der Waals surface area contributed by atoms with E-state index in [9.17, 15) is 0 Å². The first-order chi connectivity index (χ1) is 13.7. The number of aromatic amines is 1. The highest BCUT2D eigenvalue weighted by molar-refractivity contribution is 14.0. The van der Waals surface area contributed by atoms with Crippen LogP contribution in [0.4, 0.5) is 0 Å². The van der Waals surface area contributed by atoms with Crippen LogP contribution >= 0.6 is 35.3 Å². The number of hydrogen-bond acceptors (Lipinski definition) is 4. The molecule has 0 amide bonds. The molecule has 0 aliphatic carbocycles. The minimum absolute atomic E-state index is 0. The molecule has 0 saturated carbocycles. The van der Waals surface area contributed by atoms with Gasteiger partial charge in [0.05, 0.1) is 23.4 Å². The molecule has 2 N–H and O–H groups in total. The third-order valence-electron chi connectivity index (χ3n) is 4.33. The lowest BCUT2D eigenvalue weighted by Crippen LogP contribution is -2.38. The van der Waals surface area contributed by atoms with E-state index in [1.54, 1.807) is 11.3 Å². The molecule has 8 heteroatoms. The average molecular weight is 524 g/mol. The molecule has 0 fully saturated rings. The summed E-state index contributed by atoms with van der Waals surface area (Å²) in [6.45, 7) is 6.45. The number of benzene rings is 1.